The standard InChI is InChI=1S/C22H23N3O2/c1-4-5-6-7-16-8-9-17-11-18(22(26)27-20(17)10-16)19-13-25-12-14(2)23-15(3)21(25)24-19/h8-13H,4-7H2,1-3H3. The SMILES string of the molecule is CCCCCc1ccc2cc(-c3cn4cc(C)nc(C)c4n3)c(=O)oc2c1. The van der Waals surface area contributed by atoms with E-state index in [0.717, 1.165) is 35.3 Å². The van der Waals surface area contributed by atoms with Gasteiger partial charge in [-0.1, -0.05) is 31.9 Å². The number of fused-ring (bicyclic) bond motifs is 2. The summed E-state index contributed by atoms with van der Waals surface area (Å²) >= 11 is 0. The quantitative estimate of drug-likeness (QED) is 0.376. The van der Waals surface area contributed by atoms with E-state index in [4.69, 9.17) is 4.42 Å². The fourth-order valence-corrected chi connectivity index (χ4v) is 3.50. The molecule has 3 aromatic heterocycles. The lowest BCUT2D eigenvalue weighted by Crippen LogP contribution is -2.03. The van der Waals surface area contributed by atoms with Crippen LogP contribution in [0.5, 0.6) is 0 Å². The average molecular weight is 361 g/mol. The number of nitrogens with zero attached hydrogens (tertiary/aromatic N) is 3. The van der Waals surface area contributed by atoms with Gasteiger partial charge < -0.3 is 8.82 Å². The molecule has 138 valence electrons. The molecule has 0 aliphatic heterocycles. The molecule has 4 aromatic rings. The molecule has 27 heavy (non-hydrogen) atoms. The Bertz CT molecular complexity index is 1190. The van der Waals surface area contributed by atoms with E-state index in [2.05, 4.69) is 23.0 Å². The van der Waals surface area contributed by atoms with Gasteiger partial charge in [0.2, 0.25) is 0 Å². The van der Waals surface area contributed by atoms with E-state index in [1.165, 1.54) is 18.4 Å². The Balaban J connectivity index is 1.76. The van der Waals surface area contributed by atoms with Gasteiger partial charge in [0, 0.05) is 17.8 Å². The summed E-state index contributed by atoms with van der Waals surface area (Å²) < 4.78 is 7.53. The molecule has 3 heterocycles. The van der Waals surface area contributed by atoms with Crippen LogP contribution in [0, 0.1) is 13.8 Å². The van der Waals surface area contributed by atoms with Gasteiger partial charge in [-0.2, -0.15) is 0 Å². The van der Waals surface area contributed by atoms with E-state index in [9.17, 15) is 4.79 Å². The molecule has 5 nitrogen and oxygen atoms in total. The zero-order chi connectivity index (χ0) is 19.0. The van der Waals surface area contributed by atoms with Crippen LogP contribution in [-0.4, -0.2) is 14.4 Å². The second-order valence-corrected chi connectivity index (χ2v) is 7.10. The molecule has 0 atom stereocenters. The van der Waals surface area contributed by atoms with Gasteiger partial charge in [0.1, 0.15) is 5.58 Å². The van der Waals surface area contributed by atoms with Crippen molar-refractivity contribution in [3.8, 4) is 11.3 Å². The summed E-state index contributed by atoms with van der Waals surface area (Å²) in [6.07, 6.45) is 8.33. The lowest BCUT2D eigenvalue weighted by atomic mass is 10.0. The molecule has 0 spiro atoms. The van der Waals surface area contributed by atoms with Crippen molar-refractivity contribution >= 4 is 16.6 Å². The minimum Gasteiger partial charge on any atom is -0.422 e. The van der Waals surface area contributed by atoms with Crippen LogP contribution in [0.4, 0.5) is 0 Å². The topological polar surface area (TPSA) is 60.4 Å². The summed E-state index contributed by atoms with van der Waals surface area (Å²) in [7, 11) is 0. The Labute approximate surface area is 157 Å². The maximum absolute atomic E-state index is 12.6. The Morgan fingerprint density at radius 2 is 1.93 bits per heavy atom. The van der Waals surface area contributed by atoms with E-state index < -0.39 is 0 Å². The number of hydrogen-bond donors (Lipinski definition) is 0. The molecule has 0 saturated heterocycles. The van der Waals surface area contributed by atoms with E-state index in [-0.39, 0.29) is 5.63 Å². The number of unbranched alkanes of at least 4 members (excludes halogenated alkanes) is 2. The summed E-state index contributed by atoms with van der Waals surface area (Å²) in [6, 6.07) is 7.99. The number of aromatic nitrogens is 3. The van der Waals surface area contributed by atoms with Crippen molar-refractivity contribution in [2.75, 3.05) is 0 Å². The van der Waals surface area contributed by atoms with Gasteiger partial charge in [0.05, 0.1) is 22.6 Å². The van der Waals surface area contributed by atoms with Crippen LogP contribution in [0.25, 0.3) is 27.9 Å². The first-order chi connectivity index (χ1) is 13.0. The van der Waals surface area contributed by atoms with Gasteiger partial charge in [-0.05, 0) is 44.4 Å². The highest BCUT2D eigenvalue weighted by atomic mass is 16.4. The predicted octanol–water partition coefficient (Wildman–Crippen LogP) is 4.85. The molecule has 5 heteroatoms. The van der Waals surface area contributed by atoms with Crippen LogP contribution in [0.15, 0.2) is 45.9 Å². The highest BCUT2D eigenvalue weighted by molar-refractivity contribution is 5.81. The van der Waals surface area contributed by atoms with Crippen molar-refractivity contribution in [1.82, 2.24) is 14.4 Å². The van der Waals surface area contributed by atoms with Crippen molar-refractivity contribution < 1.29 is 4.42 Å². The first-order valence-electron chi connectivity index (χ1n) is 9.45. The monoisotopic (exact) mass is 361 g/mol. The van der Waals surface area contributed by atoms with Crippen LogP contribution in [0.2, 0.25) is 0 Å². The van der Waals surface area contributed by atoms with Crippen molar-refractivity contribution in [2.45, 2.75) is 46.5 Å². The van der Waals surface area contributed by atoms with Crippen LogP contribution in [0.3, 0.4) is 0 Å². The lowest BCUT2D eigenvalue weighted by Gasteiger charge is -2.04. The maximum Gasteiger partial charge on any atom is 0.345 e. The number of aryl methyl sites for hydroxylation is 3. The van der Waals surface area contributed by atoms with E-state index in [0.29, 0.717) is 16.8 Å². The minimum absolute atomic E-state index is 0.362. The second kappa shape index (κ2) is 6.99. The average Bonchev–Trinajstić information content (AvgIpc) is 3.05. The molecule has 1 aromatic carbocycles. The Kier molecular flexibility index (Phi) is 4.52. The number of rotatable bonds is 5. The first-order valence-corrected chi connectivity index (χ1v) is 9.45. The fraction of sp³-hybridized carbons (Fsp3) is 0.318. The molecular formula is C22H23N3O2. The third-order valence-electron chi connectivity index (χ3n) is 4.87. The van der Waals surface area contributed by atoms with Gasteiger partial charge in [-0.3, -0.25) is 4.98 Å². The second-order valence-electron chi connectivity index (χ2n) is 7.10. The highest BCUT2D eigenvalue weighted by Gasteiger charge is 2.13. The molecule has 0 aliphatic carbocycles. The molecule has 0 saturated carbocycles. The fourth-order valence-electron chi connectivity index (χ4n) is 3.50. The molecule has 0 amide bonds. The zero-order valence-electron chi connectivity index (χ0n) is 16.0. The van der Waals surface area contributed by atoms with Gasteiger partial charge in [0.25, 0.3) is 0 Å². The number of imidazole rings is 1. The van der Waals surface area contributed by atoms with E-state index in [1.54, 1.807) is 0 Å². The van der Waals surface area contributed by atoms with Crippen LogP contribution in [-0.2, 0) is 6.42 Å². The molecule has 0 N–H and O–H groups in total. The Hall–Kier alpha value is -2.95. The third kappa shape index (κ3) is 3.37. The molecule has 0 bridgehead atoms. The summed E-state index contributed by atoms with van der Waals surface area (Å²) in [5, 5.41) is 0.909. The molecule has 0 aliphatic rings. The molecular weight excluding hydrogens is 338 g/mol. The summed E-state index contributed by atoms with van der Waals surface area (Å²) in [5.74, 6) is 0. The Morgan fingerprint density at radius 3 is 2.74 bits per heavy atom. The van der Waals surface area contributed by atoms with Gasteiger partial charge in [-0.15, -0.1) is 0 Å². The molecule has 0 radical (unpaired) electrons. The van der Waals surface area contributed by atoms with E-state index in [1.807, 2.05) is 48.8 Å². The van der Waals surface area contributed by atoms with Gasteiger partial charge >= 0.3 is 5.63 Å². The van der Waals surface area contributed by atoms with Crippen LogP contribution >= 0.6 is 0 Å². The molecule has 0 fully saturated rings. The van der Waals surface area contributed by atoms with Crippen LogP contribution < -0.4 is 5.63 Å². The highest BCUT2D eigenvalue weighted by Crippen LogP contribution is 2.23. The predicted molar refractivity (Wildman–Crippen MR) is 107 cm³/mol. The lowest BCUT2D eigenvalue weighted by molar-refractivity contribution is 0.562. The van der Waals surface area contributed by atoms with Crippen molar-refractivity contribution in [2.24, 2.45) is 0 Å². The third-order valence-corrected chi connectivity index (χ3v) is 4.87. The Morgan fingerprint density at radius 1 is 1.07 bits per heavy atom. The first kappa shape index (κ1) is 17.5. The maximum atomic E-state index is 12.6. The zero-order valence-corrected chi connectivity index (χ0v) is 16.0. The summed E-state index contributed by atoms with van der Waals surface area (Å²) in [6.45, 7) is 6.05. The van der Waals surface area contributed by atoms with Crippen molar-refractivity contribution in [1.29, 1.82) is 0 Å². The van der Waals surface area contributed by atoms with Gasteiger partial charge in [-0.25, -0.2) is 9.78 Å². The number of hydrogen-bond acceptors (Lipinski definition) is 4. The summed E-state index contributed by atoms with van der Waals surface area (Å²) in [5.41, 5.74) is 5.05. The van der Waals surface area contributed by atoms with Gasteiger partial charge in [0.15, 0.2) is 5.65 Å². The normalized spacial score (nSPS) is 11.5. The largest absolute Gasteiger partial charge is 0.422 e. The van der Waals surface area contributed by atoms with Crippen LogP contribution in [0.1, 0.15) is 43.1 Å². The smallest absolute Gasteiger partial charge is 0.345 e. The number of benzene rings is 1. The van der Waals surface area contributed by atoms with E-state index >= 15 is 0 Å². The molecule has 4 rings (SSSR count). The molecule has 0 unspecified atom stereocenters. The van der Waals surface area contributed by atoms with Crippen molar-refractivity contribution in [3.05, 3.63) is 64.0 Å². The minimum atomic E-state index is -0.362. The summed E-state index contributed by atoms with van der Waals surface area (Å²) in [4.78, 5) is 21.6. The van der Waals surface area contributed by atoms with Crippen molar-refractivity contribution in [3.63, 3.8) is 0 Å².